The molecule has 3 aromatic rings. The van der Waals surface area contributed by atoms with E-state index < -0.39 is 5.91 Å². The van der Waals surface area contributed by atoms with Crippen LogP contribution in [0.15, 0.2) is 72.8 Å². The molecule has 0 unspecified atom stereocenters. The molecule has 3 rings (SSSR count). The van der Waals surface area contributed by atoms with Crippen molar-refractivity contribution in [2.45, 2.75) is 13.3 Å². The van der Waals surface area contributed by atoms with Gasteiger partial charge in [0.1, 0.15) is 0 Å². The number of rotatable bonds is 5. The molecule has 0 aliphatic rings. The van der Waals surface area contributed by atoms with Crippen molar-refractivity contribution < 1.29 is 14.4 Å². The Morgan fingerprint density at radius 3 is 2.21 bits per heavy atom. The van der Waals surface area contributed by atoms with Crippen LogP contribution in [0.2, 0.25) is 5.02 Å². The van der Waals surface area contributed by atoms with Gasteiger partial charge in [-0.25, -0.2) is 0 Å². The van der Waals surface area contributed by atoms with Crippen molar-refractivity contribution in [1.29, 1.82) is 0 Å². The summed E-state index contributed by atoms with van der Waals surface area (Å²) in [6.07, 6.45) is 0.114. The van der Waals surface area contributed by atoms with E-state index in [1.54, 1.807) is 60.7 Å². The fraction of sp³-hybridized carbons (Fsp3) is 0.0833. The summed E-state index contributed by atoms with van der Waals surface area (Å²) in [7, 11) is 0. The van der Waals surface area contributed by atoms with Gasteiger partial charge in [0.25, 0.3) is 11.8 Å². The molecule has 0 saturated heterocycles. The van der Waals surface area contributed by atoms with Gasteiger partial charge in [-0.1, -0.05) is 41.4 Å². The van der Waals surface area contributed by atoms with Gasteiger partial charge in [0, 0.05) is 21.8 Å². The highest BCUT2D eigenvalue weighted by molar-refractivity contribution is 7.80. The van der Waals surface area contributed by atoms with Crippen molar-refractivity contribution in [3.63, 3.8) is 0 Å². The molecule has 0 saturated carbocycles. The summed E-state index contributed by atoms with van der Waals surface area (Å²) in [6, 6.07) is 20.5. The molecule has 0 spiro atoms. The molecule has 0 aliphatic heterocycles. The van der Waals surface area contributed by atoms with Crippen LogP contribution < -0.4 is 21.5 Å². The lowest BCUT2D eigenvalue weighted by atomic mass is 10.1. The molecule has 0 radical (unpaired) electrons. The summed E-state index contributed by atoms with van der Waals surface area (Å²) in [5, 5.41) is 5.82. The van der Waals surface area contributed by atoms with Crippen LogP contribution in [-0.2, 0) is 11.2 Å². The van der Waals surface area contributed by atoms with Gasteiger partial charge in [0.15, 0.2) is 5.11 Å². The fourth-order valence-electron chi connectivity index (χ4n) is 2.87. The minimum atomic E-state index is -0.458. The van der Waals surface area contributed by atoms with Crippen LogP contribution in [0.5, 0.6) is 0 Å². The summed E-state index contributed by atoms with van der Waals surface area (Å²) in [6.45, 7) is 1.91. The molecule has 33 heavy (non-hydrogen) atoms. The van der Waals surface area contributed by atoms with E-state index in [0.29, 0.717) is 21.8 Å². The third kappa shape index (κ3) is 7.41. The van der Waals surface area contributed by atoms with Crippen LogP contribution in [0.3, 0.4) is 0 Å². The molecule has 4 N–H and O–H groups in total. The zero-order valence-electron chi connectivity index (χ0n) is 17.6. The van der Waals surface area contributed by atoms with E-state index >= 15 is 0 Å². The molecule has 0 fully saturated rings. The summed E-state index contributed by atoms with van der Waals surface area (Å²) in [4.78, 5) is 36.7. The number of carbonyl (C=O) groups is 3. The zero-order valence-corrected chi connectivity index (χ0v) is 19.2. The predicted molar refractivity (Wildman–Crippen MR) is 132 cm³/mol. The Morgan fingerprint density at radius 1 is 0.848 bits per heavy atom. The van der Waals surface area contributed by atoms with Gasteiger partial charge in [0.05, 0.1) is 6.42 Å². The molecule has 0 aromatic heterocycles. The Hall–Kier alpha value is -3.75. The summed E-state index contributed by atoms with van der Waals surface area (Å²) in [5.41, 5.74) is 8.11. The Morgan fingerprint density at radius 2 is 1.55 bits per heavy atom. The number of carbonyl (C=O) groups excluding carboxylic acids is 3. The van der Waals surface area contributed by atoms with E-state index in [1.807, 2.05) is 19.1 Å². The molecule has 0 atom stereocenters. The second kappa shape index (κ2) is 11.2. The molecule has 3 aromatic carbocycles. The largest absolute Gasteiger partial charge is 0.322 e. The lowest BCUT2D eigenvalue weighted by Gasteiger charge is -2.11. The molecule has 0 bridgehead atoms. The maximum atomic E-state index is 12.3. The van der Waals surface area contributed by atoms with E-state index in [0.717, 1.165) is 11.1 Å². The summed E-state index contributed by atoms with van der Waals surface area (Å²) < 4.78 is 0. The van der Waals surface area contributed by atoms with Crippen LogP contribution in [0.1, 0.15) is 31.8 Å². The van der Waals surface area contributed by atoms with Crippen LogP contribution in [-0.4, -0.2) is 22.8 Å². The highest BCUT2D eigenvalue weighted by Gasteiger charge is 2.10. The summed E-state index contributed by atoms with van der Waals surface area (Å²) >= 11 is 10.9. The number of aryl methyl sites for hydroxylation is 1. The quantitative estimate of drug-likeness (QED) is 0.329. The van der Waals surface area contributed by atoms with Crippen LogP contribution in [0.4, 0.5) is 5.69 Å². The third-order valence-electron chi connectivity index (χ3n) is 4.51. The smallest absolute Gasteiger partial charge is 0.269 e. The minimum absolute atomic E-state index is 0.0376. The average Bonchev–Trinajstić information content (AvgIpc) is 2.79. The Kier molecular flexibility index (Phi) is 8.12. The lowest BCUT2D eigenvalue weighted by molar-refractivity contribution is -0.119. The Balaban J connectivity index is 1.46. The van der Waals surface area contributed by atoms with Crippen LogP contribution in [0, 0.1) is 6.92 Å². The number of hydrazine groups is 1. The Labute approximate surface area is 201 Å². The van der Waals surface area contributed by atoms with Gasteiger partial charge in [-0.2, -0.15) is 0 Å². The standard InChI is InChI=1S/C24H21ClN4O3S/c1-15-3-2-4-18(13-15)22(31)26-20-11-7-17(8-12-20)23(32)28-29-24(33)27-21(30)14-16-5-9-19(25)10-6-16/h2-13H,14H2,1H3,(H,26,31)(H,28,32)(H2,27,29,30,33). The monoisotopic (exact) mass is 480 g/mol. The molecule has 0 heterocycles. The molecule has 9 heteroatoms. The number of benzene rings is 3. The molecule has 168 valence electrons. The van der Waals surface area contributed by atoms with Crippen molar-refractivity contribution in [1.82, 2.24) is 16.2 Å². The second-order valence-corrected chi connectivity index (χ2v) is 8.01. The third-order valence-corrected chi connectivity index (χ3v) is 4.96. The van der Waals surface area contributed by atoms with E-state index in [9.17, 15) is 14.4 Å². The minimum Gasteiger partial charge on any atom is -0.322 e. The van der Waals surface area contributed by atoms with Crippen molar-refractivity contribution in [3.05, 3.63) is 100 Å². The molecular formula is C24H21ClN4O3S. The number of anilines is 1. The number of thiocarbonyl (C=S) groups is 1. The number of hydrogen-bond donors (Lipinski definition) is 4. The van der Waals surface area contributed by atoms with Gasteiger partial charge < -0.3 is 10.6 Å². The number of nitrogens with one attached hydrogen (secondary N) is 4. The number of hydrogen-bond acceptors (Lipinski definition) is 4. The van der Waals surface area contributed by atoms with E-state index in [1.165, 1.54) is 0 Å². The first-order valence-electron chi connectivity index (χ1n) is 9.93. The van der Waals surface area contributed by atoms with Gasteiger partial charge >= 0.3 is 0 Å². The molecule has 7 nitrogen and oxygen atoms in total. The van der Waals surface area contributed by atoms with Crippen molar-refractivity contribution in [2.75, 3.05) is 5.32 Å². The second-order valence-electron chi connectivity index (χ2n) is 7.16. The summed E-state index contributed by atoms with van der Waals surface area (Å²) in [5.74, 6) is -1.03. The van der Waals surface area contributed by atoms with Crippen molar-refractivity contribution >= 4 is 52.3 Å². The van der Waals surface area contributed by atoms with Crippen molar-refractivity contribution in [2.24, 2.45) is 0 Å². The topological polar surface area (TPSA) is 99.3 Å². The molecular weight excluding hydrogens is 460 g/mol. The lowest BCUT2D eigenvalue weighted by Crippen LogP contribution is -2.48. The van der Waals surface area contributed by atoms with Gasteiger partial charge in [-0.15, -0.1) is 0 Å². The SMILES string of the molecule is Cc1cccc(C(=O)Nc2ccc(C(=O)NNC(=S)NC(=O)Cc3ccc(Cl)cc3)cc2)c1. The number of amides is 3. The van der Waals surface area contributed by atoms with E-state index in [-0.39, 0.29) is 23.3 Å². The Bertz CT molecular complexity index is 1180. The van der Waals surface area contributed by atoms with Gasteiger partial charge in [-0.3, -0.25) is 25.2 Å². The highest BCUT2D eigenvalue weighted by Crippen LogP contribution is 2.13. The van der Waals surface area contributed by atoms with Crippen LogP contribution in [0.25, 0.3) is 0 Å². The van der Waals surface area contributed by atoms with Gasteiger partial charge in [-0.05, 0) is 73.2 Å². The molecule has 0 aliphatic carbocycles. The van der Waals surface area contributed by atoms with E-state index in [2.05, 4.69) is 21.5 Å². The maximum Gasteiger partial charge on any atom is 0.269 e. The average molecular weight is 481 g/mol. The van der Waals surface area contributed by atoms with Crippen LogP contribution >= 0.6 is 23.8 Å². The first-order chi connectivity index (χ1) is 15.8. The normalized spacial score (nSPS) is 10.1. The van der Waals surface area contributed by atoms with E-state index in [4.69, 9.17) is 23.8 Å². The predicted octanol–water partition coefficient (Wildman–Crippen LogP) is 3.78. The molecule has 3 amide bonds. The first-order valence-corrected chi connectivity index (χ1v) is 10.7. The highest BCUT2D eigenvalue weighted by atomic mass is 35.5. The van der Waals surface area contributed by atoms with Gasteiger partial charge in [0.2, 0.25) is 5.91 Å². The first kappa shape index (κ1) is 23.9. The number of halogens is 1. The fourth-order valence-corrected chi connectivity index (χ4v) is 3.16. The maximum absolute atomic E-state index is 12.3. The van der Waals surface area contributed by atoms with Crippen molar-refractivity contribution in [3.8, 4) is 0 Å². The zero-order chi connectivity index (χ0) is 23.8.